The van der Waals surface area contributed by atoms with Crippen molar-refractivity contribution in [2.45, 2.75) is 0 Å². The smallest absolute Gasteiger partial charge is 0.285 e. The van der Waals surface area contributed by atoms with Crippen molar-refractivity contribution in [1.29, 1.82) is 0 Å². The van der Waals surface area contributed by atoms with Crippen LogP contribution in [0.4, 0.5) is 0 Å². The van der Waals surface area contributed by atoms with Crippen molar-refractivity contribution in [3.63, 3.8) is 0 Å². The number of ether oxygens (including phenoxy) is 1. The first kappa shape index (κ1) is 18.0. The summed E-state index contributed by atoms with van der Waals surface area (Å²) in [6, 6.07) is 13.5. The highest BCUT2D eigenvalue weighted by Gasteiger charge is 2.33. The Morgan fingerprint density at radius 1 is 1.27 bits per heavy atom. The number of phenols is 1. The van der Waals surface area contributed by atoms with E-state index in [0.29, 0.717) is 4.91 Å². The van der Waals surface area contributed by atoms with E-state index in [2.05, 4.69) is 5.43 Å². The topological polar surface area (TPSA) is 78.9 Å². The molecule has 132 valence electrons. The van der Waals surface area contributed by atoms with E-state index in [1.807, 2.05) is 30.3 Å². The van der Waals surface area contributed by atoms with Crippen LogP contribution < -0.4 is 10.2 Å². The van der Waals surface area contributed by atoms with E-state index in [0.717, 1.165) is 22.3 Å². The summed E-state index contributed by atoms with van der Waals surface area (Å²) in [7, 11) is 1.38. The Bertz CT molecular complexity index is 913. The van der Waals surface area contributed by atoms with Crippen LogP contribution >= 0.6 is 24.0 Å². The van der Waals surface area contributed by atoms with E-state index >= 15 is 0 Å². The number of carbonyl (C=O) groups excluding carboxylic acids is 2. The van der Waals surface area contributed by atoms with Crippen molar-refractivity contribution < 1.29 is 19.4 Å². The van der Waals surface area contributed by atoms with Gasteiger partial charge in [0.15, 0.2) is 15.8 Å². The van der Waals surface area contributed by atoms with Crippen LogP contribution in [0.2, 0.25) is 0 Å². The molecule has 0 spiro atoms. The molecule has 2 aromatic carbocycles. The van der Waals surface area contributed by atoms with Gasteiger partial charge in [0.25, 0.3) is 11.8 Å². The zero-order valence-electron chi connectivity index (χ0n) is 13.6. The molecule has 1 fully saturated rings. The number of aromatic hydroxyl groups is 1. The number of amides is 2. The minimum Gasteiger partial charge on any atom is -0.504 e. The molecule has 2 N–H and O–H groups in total. The lowest BCUT2D eigenvalue weighted by atomic mass is 10.2. The molecule has 0 unspecified atom stereocenters. The Hall–Kier alpha value is -2.84. The van der Waals surface area contributed by atoms with Crippen LogP contribution in [-0.4, -0.2) is 33.4 Å². The van der Waals surface area contributed by atoms with Crippen LogP contribution in [0.1, 0.15) is 15.9 Å². The largest absolute Gasteiger partial charge is 0.504 e. The number of thioether (sulfide) groups is 1. The lowest BCUT2D eigenvalue weighted by Gasteiger charge is -2.16. The maximum Gasteiger partial charge on any atom is 0.285 e. The first-order valence-corrected chi connectivity index (χ1v) is 8.73. The Morgan fingerprint density at radius 3 is 2.69 bits per heavy atom. The van der Waals surface area contributed by atoms with Crippen LogP contribution in [0.15, 0.2) is 53.4 Å². The van der Waals surface area contributed by atoms with Gasteiger partial charge in [-0.1, -0.05) is 42.1 Å². The average molecular weight is 386 g/mol. The predicted octanol–water partition coefficient (Wildman–Crippen LogP) is 2.95. The van der Waals surface area contributed by atoms with Gasteiger partial charge in [0.2, 0.25) is 0 Å². The molecular formula is C18H14N2O4S2. The quantitative estimate of drug-likeness (QED) is 0.621. The van der Waals surface area contributed by atoms with Crippen LogP contribution in [0.25, 0.3) is 6.08 Å². The minimum atomic E-state index is -0.541. The van der Waals surface area contributed by atoms with Crippen LogP contribution in [0.5, 0.6) is 11.5 Å². The van der Waals surface area contributed by atoms with Crippen molar-refractivity contribution in [3.05, 3.63) is 64.6 Å². The summed E-state index contributed by atoms with van der Waals surface area (Å²) in [5, 5.41) is 10.6. The molecule has 1 aliphatic heterocycles. The van der Waals surface area contributed by atoms with Crippen LogP contribution in [0.3, 0.4) is 0 Å². The standard InChI is InChI=1S/C18H14N2O4S2/c1-24-14-10-12(7-8-13(14)21)16(22)19-20-17(23)15(26-18(20)25)9-11-5-3-2-4-6-11/h2-10,21H,1H3,(H,19,22)/b15-9+. The summed E-state index contributed by atoms with van der Waals surface area (Å²) in [5.41, 5.74) is 3.57. The molecule has 2 aromatic rings. The number of hydrogen-bond donors (Lipinski definition) is 2. The monoisotopic (exact) mass is 386 g/mol. The minimum absolute atomic E-state index is 0.0829. The number of thiocarbonyl (C=S) groups is 1. The molecule has 2 amide bonds. The average Bonchev–Trinajstić information content (AvgIpc) is 2.90. The number of carbonyl (C=O) groups is 2. The number of nitrogens with zero attached hydrogens (tertiary/aromatic N) is 1. The molecule has 1 aliphatic rings. The number of rotatable bonds is 4. The summed E-state index contributed by atoms with van der Waals surface area (Å²) in [5.74, 6) is -0.865. The maximum absolute atomic E-state index is 12.5. The van der Waals surface area contributed by atoms with Crippen molar-refractivity contribution in [2.24, 2.45) is 0 Å². The molecule has 8 heteroatoms. The van der Waals surface area contributed by atoms with Gasteiger partial charge in [0.05, 0.1) is 12.0 Å². The van der Waals surface area contributed by atoms with Gasteiger partial charge < -0.3 is 9.84 Å². The Morgan fingerprint density at radius 2 is 2.00 bits per heavy atom. The first-order valence-electron chi connectivity index (χ1n) is 7.50. The SMILES string of the molecule is COc1cc(C(=O)NN2C(=O)/C(=C\c3ccccc3)SC2=S)ccc1O. The molecule has 3 rings (SSSR count). The fourth-order valence-electron chi connectivity index (χ4n) is 2.25. The second-order valence-electron chi connectivity index (χ2n) is 5.26. The number of methoxy groups -OCH3 is 1. The summed E-state index contributed by atoms with van der Waals surface area (Å²) in [4.78, 5) is 25.4. The van der Waals surface area contributed by atoms with Crippen LogP contribution in [-0.2, 0) is 4.79 Å². The van der Waals surface area contributed by atoms with Crippen LogP contribution in [0, 0.1) is 0 Å². The molecule has 0 atom stereocenters. The van der Waals surface area contributed by atoms with E-state index in [1.54, 1.807) is 6.08 Å². The summed E-state index contributed by atoms with van der Waals surface area (Å²) in [6.45, 7) is 0. The van der Waals surface area contributed by atoms with E-state index < -0.39 is 11.8 Å². The molecule has 0 radical (unpaired) electrons. The highest BCUT2D eigenvalue weighted by Crippen LogP contribution is 2.32. The Kier molecular flexibility index (Phi) is 5.24. The highest BCUT2D eigenvalue weighted by molar-refractivity contribution is 8.26. The zero-order chi connectivity index (χ0) is 18.7. The third kappa shape index (κ3) is 3.71. The van der Waals surface area contributed by atoms with E-state index in [9.17, 15) is 14.7 Å². The van der Waals surface area contributed by atoms with Gasteiger partial charge in [0, 0.05) is 5.56 Å². The fourth-order valence-corrected chi connectivity index (χ4v) is 3.43. The van der Waals surface area contributed by atoms with E-state index in [-0.39, 0.29) is 21.4 Å². The molecule has 26 heavy (non-hydrogen) atoms. The molecule has 0 saturated carbocycles. The fraction of sp³-hybridized carbons (Fsp3) is 0.0556. The molecule has 1 heterocycles. The highest BCUT2D eigenvalue weighted by atomic mass is 32.2. The first-order chi connectivity index (χ1) is 12.5. The van der Waals surface area contributed by atoms with Gasteiger partial charge in [-0.25, -0.2) is 0 Å². The third-order valence-electron chi connectivity index (χ3n) is 3.55. The maximum atomic E-state index is 12.5. The van der Waals surface area contributed by atoms with E-state index in [4.69, 9.17) is 17.0 Å². The second kappa shape index (κ2) is 7.59. The summed E-state index contributed by atoms with van der Waals surface area (Å²) >= 11 is 6.31. The molecule has 1 saturated heterocycles. The van der Waals surface area contributed by atoms with Crippen molar-refractivity contribution in [1.82, 2.24) is 10.4 Å². The molecule has 0 aliphatic carbocycles. The van der Waals surface area contributed by atoms with Crippen molar-refractivity contribution >= 4 is 46.2 Å². The number of hydrogen-bond acceptors (Lipinski definition) is 6. The van der Waals surface area contributed by atoms with Gasteiger partial charge in [0.1, 0.15) is 0 Å². The molecule has 0 bridgehead atoms. The second-order valence-corrected chi connectivity index (χ2v) is 6.93. The molecular weight excluding hydrogens is 372 g/mol. The summed E-state index contributed by atoms with van der Waals surface area (Å²) in [6.07, 6.45) is 1.72. The van der Waals surface area contributed by atoms with Gasteiger partial charge >= 0.3 is 0 Å². The predicted molar refractivity (Wildman–Crippen MR) is 104 cm³/mol. The normalized spacial score (nSPS) is 15.4. The zero-order valence-corrected chi connectivity index (χ0v) is 15.3. The van der Waals surface area contributed by atoms with Gasteiger partial charge in [-0.15, -0.1) is 0 Å². The lowest BCUT2D eigenvalue weighted by Crippen LogP contribution is -2.44. The number of nitrogens with one attached hydrogen (secondary N) is 1. The molecule has 6 nitrogen and oxygen atoms in total. The van der Waals surface area contributed by atoms with Gasteiger partial charge in [-0.2, -0.15) is 5.01 Å². The van der Waals surface area contributed by atoms with Gasteiger partial charge in [-0.05, 0) is 42.1 Å². The van der Waals surface area contributed by atoms with Crippen molar-refractivity contribution in [3.8, 4) is 11.5 Å². The molecule has 0 aromatic heterocycles. The Labute approximate surface area is 159 Å². The van der Waals surface area contributed by atoms with Gasteiger partial charge in [-0.3, -0.25) is 15.0 Å². The summed E-state index contributed by atoms with van der Waals surface area (Å²) < 4.78 is 5.21. The van der Waals surface area contributed by atoms with E-state index in [1.165, 1.54) is 25.3 Å². The number of benzene rings is 2. The number of hydrazine groups is 1. The lowest BCUT2D eigenvalue weighted by molar-refractivity contribution is -0.123. The van der Waals surface area contributed by atoms with Crippen molar-refractivity contribution in [2.75, 3.05) is 7.11 Å². The Balaban J connectivity index is 1.78. The third-order valence-corrected chi connectivity index (χ3v) is 4.85. The number of phenolic OH excluding ortho intramolecular Hbond substituents is 1.